The number of nitrogens with zero attached hydrogens (tertiary/aromatic N) is 2. The Kier molecular flexibility index (Phi) is 9.98. The second-order valence-corrected chi connectivity index (χ2v) is 16.9. The molecule has 256 valence electrons. The molecule has 4 saturated carbocycles. The smallest absolute Gasteiger partial charge is 0.244 e. The first-order valence-corrected chi connectivity index (χ1v) is 19.2. The van der Waals surface area contributed by atoms with Crippen LogP contribution in [0, 0.1) is 29.5 Å². The first-order chi connectivity index (χ1) is 22.9. The summed E-state index contributed by atoms with van der Waals surface area (Å²) in [6, 6.07) is 22.1. The van der Waals surface area contributed by atoms with Crippen LogP contribution in [-0.2, 0) is 38.0 Å². The standard InChI is InChI=1S/C39H48FN3O4S/c1-27(2)24-41-38(45)36(20-28-7-5-4-6-8-28)42(25-29-9-13-34(40)14-10-29)37(44)26-43(48(3,46)47)35-15-11-33(12-16-35)39-21-30-17-31(22-39)19-32(18-30)23-39/h4-16,27,30-32,36H,17-26H2,1-3H3,(H,41,45)/t30?,31?,32?,36-,39?/m1/s1. The van der Waals surface area contributed by atoms with Gasteiger partial charge in [-0.25, -0.2) is 12.8 Å². The van der Waals surface area contributed by atoms with Gasteiger partial charge in [0, 0.05) is 19.5 Å². The Labute approximate surface area is 285 Å². The van der Waals surface area contributed by atoms with Crippen LogP contribution in [0.3, 0.4) is 0 Å². The zero-order valence-corrected chi connectivity index (χ0v) is 29.1. The van der Waals surface area contributed by atoms with Gasteiger partial charge in [0.2, 0.25) is 21.8 Å². The summed E-state index contributed by atoms with van der Waals surface area (Å²) in [5.74, 6) is 1.30. The van der Waals surface area contributed by atoms with Gasteiger partial charge >= 0.3 is 0 Å². The van der Waals surface area contributed by atoms with Crippen LogP contribution >= 0.6 is 0 Å². The molecule has 0 spiro atoms. The summed E-state index contributed by atoms with van der Waals surface area (Å²) < 4.78 is 41.6. The van der Waals surface area contributed by atoms with Crippen LogP contribution in [0.5, 0.6) is 0 Å². The molecule has 4 aliphatic carbocycles. The van der Waals surface area contributed by atoms with Gasteiger partial charge in [-0.1, -0.05) is 68.4 Å². The topological polar surface area (TPSA) is 86.8 Å². The number of carbonyl (C=O) groups is 2. The first-order valence-electron chi connectivity index (χ1n) is 17.3. The zero-order valence-electron chi connectivity index (χ0n) is 28.3. The monoisotopic (exact) mass is 673 g/mol. The quantitative estimate of drug-likeness (QED) is 0.225. The van der Waals surface area contributed by atoms with Crippen molar-refractivity contribution in [1.82, 2.24) is 10.2 Å². The van der Waals surface area contributed by atoms with E-state index in [1.165, 1.54) is 61.1 Å². The minimum atomic E-state index is -3.87. The Bertz CT molecular complexity index is 1660. The number of rotatable bonds is 13. The normalized spacial score (nSPS) is 23.6. The number of amides is 2. The van der Waals surface area contributed by atoms with E-state index < -0.39 is 34.3 Å². The van der Waals surface area contributed by atoms with E-state index in [2.05, 4.69) is 17.4 Å². The van der Waals surface area contributed by atoms with Gasteiger partial charge in [-0.05, 0) is 109 Å². The SMILES string of the molecule is CC(C)CNC(=O)[C@@H](Cc1ccccc1)N(Cc1ccc(F)cc1)C(=O)CN(c1ccc(C23CC4CC(CC(C4)C2)C3)cc1)S(C)(=O)=O. The maximum absolute atomic E-state index is 14.4. The molecule has 48 heavy (non-hydrogen) atoms. The summed E-state index contributed by atoms with van der Waals surface area (Å²) in [7, 11) is -3.87. The highest BCUT2D eigenvalue weighted by Gasteiger charge is 2.51. The van der Waals surface area contributed by atoms with Crippen molar-refractivity contribution in [1.29, 1.82) is 0 Å². The van der Waals surface area contributed by atoms with Crippen molar-refractivity contribution in [3.63, 3.8) is 0 Å². The highest BCUT2D eigenvalue weighted by Crippen LogP contribution is 2.60. The number of halogens is 1. The van der Waals surface area contributed by atoms with Crippen molar-refractivity contribution < 1.29 is 22.4 Å². The van der Waals surface area contributed by atoms with E-state index in [1.54, 1.807) is 12.1 Å². The second-order valence-electron chi connectivity index (χ2n) is 15.0. The van der Waals surface area contributed by atoms with Crippen LogP contribution < -0.4 is 9.62 Å². The summed E-state index contributed by atoms with van der Waals surface area (Å²) in [5.41, 5.74) is 3.35. The van der Waals surface area contributed by atoms with Crippen LogP contribution in [0.15, 0.2) is 78.9 Å². The van der Waals surface area contributed by atoms with Crippen LogP contribution in [0.25, 0.3) is 0 Å². The molecule has 3 aromatic carbocycles. The summed E-state index contributed by atoms with van der Waals surface area (Å²) in [4.78, 5) is 29.6. The predicted molar refractivity (Wildman–Crippen MR) is 187 cm³/mol. The number of anilines is 1. The van der Waals surface area contributed by atoms with E-state index in [9.17, 15) is 22.4 Å². The van der Waals surface area contributed by atoms with Crippen LogP contribution in [-0.4, -0.2) is 50.5 Å². The second kappa shape index (κ2) is 14.0. The molecule has 9 heteroatoms. The summed E-state index contributed by atoms with van der Waals surface area (Å²) in [5, 5.41) is 2.98. The van der Waals surface area contributed by atoms with Crippen LogP contribution in [0.4, 0.5) is 10.1 Å². The molecule has 0 aromatic heterocycles. The number of carbonyl (C=O) groups excluding carboxylic acids is 2. The van der Waals surface area contributed by atoms with Crippen molar-refractivity contribution in [3.8, 4) is 0 Å². The third kappa shape index (κ3) is 7.77. The van der Waals surface area contributed by atoms with Gasteiger partial charge < -0.3 is 10.2 Å². The van der Waals surface area contributed by atoms with Gasteiger partial charge in [0.1, 0.15) is 18.4 Å². The molecule has 0 unspecified atom stereocenters. The Morgan fingerprint density at radius 3 is 1.98 bits per heavy atom. The van der Waals surface area contributed by atoms with Crippen LogP contribution in [0.1, 0.15) is 69.1 Å². The highest BCUT2D eigenvalue weighted by molar-refractivity contribution is 7.92. The first kappa shape index (κ1) is 34.2. The third-order valence-corrected chi connectivity index (χ3v) is 11.8. The third-order valence-electron chi connectivity index (χ3n) is 10.7. The van der Waals surface area contributed by atoms with Gasteiger partial charge in [-0.2, -0.15) is 0 Å². The fourth-order valence-corrected chi connectivity index (χ4v) is 9.67. The minimum Gasteiger partial charge on any atom is -0.354 e. The van der Waals surface area contributed by atoms with Gasteiger partial charge in [0.25, 0.3) is 0 Å². The molecule has 4 fully saturated rings. The largest absolute Gasteiger partial charge is 0.354 e. The lowest BCUT2D eigenvalue weighted by Gasteiger charge is -2.57. The summed E-state index contributed by atoms with van der Waals surface area (Å²) >= 11 is 0. The van der Waals surface area contributed by atoms with E-state index in [4.69, 9.17) is 0 Å². The van der Waals surface area contributed by atoms with Crippen molar-refractivity contribution in [2.45, 2.75) is 76.8 Å². The fraction of sp³-hybridized carbons (Fsp3) is 0.487. The molecule has 4 aliphatic rings. The molecular formula is C39H48FN3O4S. The highest BCUT2D eigenvalue weighted by atomic mass is 32.2. The Morgan fingerprint density at radius 2 is 1.44 bits per heavy atom. The summed E-state index contributed by atoms with van der Waals surface area (Å²) in [6.07, 6.45) is 8.97. The van der Waals surface area contributed by atoms with Crippen molar-refractivity contribution in [3.05, 3.63) is 101 Å². The van der Waals surface area contributed by atoms with Crippen molar-refractivity contribution in [2.75, 3.05) is 23.7 Å². The van der Waals surface area contributed by atoms with Gasteiger partial charge in [-0.3, -0.25) is 13.9 Å². The molecule has 0 radical (unpaired) electrons. The number of nitrogens with one attached hydrogen (secondary N) is 1. The zero-order chi connectivity index (χ0) is 34.1. The van der Waals surface area contributed by atoms with E-state index in [1.807, 2.05) is 56.3 Å². The van der Waals surface area contributed by atoms with Gasteiger partial charge in [0.15, 0.2) is 0 Å². The maximum atomic E-state index is 14.4. The molecule has 0 aliphatic heterocycles. The number of benzene rings is 3. The average molecular weight is 674 g/mol. The molecule has 7 nitrogen and oxygen atoms in total. The Hall–Kier alpha value is -3.72. The van der Waals surface area contributed by atoms with Crippen LogP contribution in [0.2, 0.25) is 0 Å². The van der Waals surface area contributed by atoms with E-state index >= 15 is 0 Å². The summed E-state index contributed by atoms with van der Waals surface area (Å²) in [6.45, 7) is 3.95. The maximum Gasteiger partial charge on any atom is 0.244 e. The molecule has 3 aromatic rings. The molecule has 7 rings (SSSR count). The molecule has 2 amide bonds. The van der Waals surface area contributed by atoms with E-state index in [0.29, 0.717) is 17.8 Å². The fourth-order valence-electron chi connectivity index (χ4n) is 8.82. The van der Waals surface area contributed by atoms with Gasteiger partial charge in [-0.15, -0.1) is 0 Å². The number of hydrogen-bond donors (Lipinski definition) is 1. The minimum absolute atomic E-state index is 0.00821. The predicted octanol–water partition coefficient (Wildman–Crippen LogP) is 6.47. The molecule has 1 N–H and O–H groups in total. The van der Waals surface area contributed by atoms with E-state index in [-0.39, 0.29) is 30.2 Å². The average Bonchev–Trinajstić information content (AvgIpc) is 3.04. The number of sulfonamides is 1. The van der Waals surface area contributed by atoms with E-state index in [0.717, 1.165) is 33.9 Å². The lowest BCUT2D eigenvalue weighted by Crippen LogP contribution is -2.53. The molecule has 1 atom stereocenters. The van der Waals surface area contributed by atoms with Crippen molar-refractivity contribution in [2.24, 2.45) is 23.7 Å². The Morgan fingerprint density at radius 1 is 0.854 bits per heavy atom. The molecular weight excluding hydrogens is 626 g/mol. The van der Waals surface area contributed by atoms with Gasteiger partial charge in [0.05, 0.1) is 11.9 Å². The Balaban J connectivity index is 1.30. The lowest BCUT2D eigenvalue weighted by molar-refractivity contribution is -0.140. The lowest BCUT2D eigenvalue weighted by atomic mass is 9.48. The molecule has 0 saturated heterocycles. The van der Waals surface area contributed by atoms with Crippen molar-refractivity contribution >= 4 is 27.5 Å². The molecule has 0 heterocycles. The number of hydrogen-bond acceptors (Lipinski definition) is 4. The molecule has 4 bridgehead atoms.